The number of thiophene rings is 1. The van der Waals surface area contributed by atoms with E-state index in [0.717, 1.165) is 16.5 Å². The molecule has 2 rings (SSSR count). The van der Waals surface area contributed by atoms with Crippen molar-refractivity contribution >= 4 is 35.2 Å². The van der Waals surface area contributed by atoms with Gasteiger partial charge in [-0.1, -0.05) is 0 Å². The smallest absolute Gasteiger partial charge is 0.328 e. The third-order valence-corrected chi connectivity index (χ3v) is 3.80. The highest BCUT2D eigenvalue weighted by atomic mass is 32.1. The Balaban J connectivity index is 1.83. The van der Waals surface area contributed by atoms with Crippen LogP contribution in [0.1, 0.15) is 23.3 Å². The molecule has 6 nitrogen and oxygen atoms in total. The van der Waals surface area contributed by atoms with Gasteiger partial charge in [-0.05, 0) is 29.5 Å². The first-order chi connectivity index (χ1) is 9.54. The fourth-order valence-electron chi connectivity index (χ4n) is 1.85. The molecule has 3 N–H and O–H groups in total. The molecular formula is C13H14N2O4S. The lowest BCUT2D eigenvalue weighted by molar-refractivity contribution is -0.131. The monoisotopic (exact) mass is 294 g/mol. The Morgan fingerprint density at radius 2 is 2.35 bits per heavy atom. The van der Waals surface area contributed by atoms with Crippen LogP contribution in [0.3, 0.4) is 0 Å². The summed E-state index contributed by atoms with van der Waals surface area (Å²) < 4.78 is 0. The van der Waals surface area contributed by atoms with Crippen LogP contribution in [0.25, 0.3) is 6.08 Å². The second-order valence-electron chi connectivity index (χ2n) is 4.39. The molecule has 7 heteroatoms. The summed E-state index contributed by atoms with van der Waals surface area (Å²) in [6.45, 7) is 0.372. The van der Waals surface area contributed by atoms with Gasteiger partial charge >= 0.3 is 5.97 Å². The van der Waals surface area contributed by atoms with Gasteiger partial charge in [0.2, 0.25) is 11.8 Å². The van der Waals surface area contributed by atoms with E-state index >= 15 is 0 Å². The average Bonchev–Trinajstić information content (AvgIpc) is 3.02. The van der Waals surface area contributed by atoms with Crippen LogP contribution in [0.4, 0.5) is 0 Å². The molecule has 1 atom stereocenters. The third kappa shape index (κ3) is 3.92. The van der Waals surface area contributed by atoms with E-state index < -0.39 is 12.0 Å². The Morgan fingerprint density at radius 1 is 1.55 bits per heavy atom. The Kier molecular flexibility index (Phi) is 4.52. The van der Waals surface area contributed by atoms with Gasteiger partial charge in [-0.3, -0.25) is 9.59 Å². The zero-order valence-electron chi connectivity index (χ0n) is 10.6. The molecule has 20 heavy (non-hydrogen) atoms. The van der Waals surface area contributed by atoms with E-state index in [4.69, 9.17) is 5.11 Å². The number of rotatable bonds is 5. The first-order valence-corrected chi connectivity index (χ1v) is 6.98. The number of hydrogen-bond acceptors (Lipinski definition) is 4. The molecule has 1 aromatic rings. The van der Waals surface area contributed by atoms with Crippen molar-refractivity contribution in [2.75, 3.05) is 0 Å². The van der Waals surface area contributed by atoms with Crippen molar-refractivity contribution < 1.29 is 19.5 Å². The molecule has 0 spiro atoms. The standard InChI is InChI=1S/C13H14N2O4S/c16-11-3-2-10(15-11)13(19)14-6-9-5-8(7-20-9)1-4-12(17)18/h1,4-5,7,10H,2-3,6H2,(H,14,19)(H,15,16)(H,17,18). The van der Waals surface area contributed by atoms with Crippen molar-refractivity contribution in [3.8, 4) is 0 Å². The number of amides is 2. The van der Waals surface area contributed by atoms with Crippen LogP contribution in [-0.4, -0.2) is 28.9 Å². The number of carbonyl (C=O) groups excluding carboxylic acids is 2. The highest BCUT2D eigenvalue weighted by molar-refractivity contribution is 7.10. The number of aliphatic carboxylic acids is 1. The Morgan fingerprint density at radius 3 is 3.00 bits per heavy atom. The number of carbonyl (C=O) groups is 3. The van der Waals surface area contributed by atoms with Gasteiger partial charge in [0, 0.05) is 17.4 Å². The van der Waals surface area contributed by atoms with Crippen molar-refractivity contribution in [3.63, 3.8) is 0 Å². The lowest BCUT2D eigenvalue weighted by atomic mass is 10.2. The molecular weight excluding hydrogens is 280 g/mol. The predicted octanol–water partition coefficient (Wildman–Crippen LogP) is 0.741. The van der Waals surface area contributed by atoms with Crippen LogP contribution in [0.5, 0.6) is 0 Å². The summed E-state index contributed by atoms with van der Waals surface area (Å²) >= 11 is 1.44. The van der Waals surface area contributed by atoms with Crippen molar-refractivity contribution in [1.29, 1.82) is 0 Å². The van der Waals surface area contributed by atoms with Gasteiger partial charge in [-0.15, -0.1) is 11.3 Å². The number of carboxylic acids is 1. The fraction of sp³-hybridized carbons (Fsp3) is 0.308. The van der Waals surface area contributed by atoms with Gasteiger partial charge in [0.15, 0.2) is 0 Å². The molecule has 0 bridgehead atoms. The van der Waals surface area contributed by atoms with Crippen LogP contribution < -0.4 is 10.6 Å². The molecule has 0 radical (unpaired) electrons. The quantitative estimate of drug-likeness (QED) is 0.698. The number of nitrogens with one attached hydrogen (secondary N) is 2. The van der Waals surface area contributed by atoms with Gasteiger partial charge in [0.05, 0.1) is 6.54 Å². The maximum atomic E-state index is 11.8. The minimum Gasteiger partial charge on any atom is -0.478 e. The van der Waals surface area contributed by atoms with Gasteiger partial charge in [0.1, 0.15) is 6.04 Å². The molecule has 0 aromatic carbocycles. The van der Waals surface area contributed by atoms with Crippen molar-refractivity contribution in [3.05, 3.63) is 28.0 Å². The lowest BCUT2D eigenvalue weighted by Gasteiger charge is -2.09. The minimum absolute atomic E-state index is 0.0950. The van der Waals surface area contributed by atoms with E-state index in [1.165, 1.54) is 17.4 Å². The normalized spacial score (nSPS) is 18.2. The topological polar surface area (TPSA) is 95.5 Å². The molecule has 106 valence electrons. The fourth-order valence-corrected chi connectivity index (χ4v) is 2.65. The number of hydrogen-bond donors (Lipinski definition) is 3. The second-order valence-corrected chi connectivity index (χ2v) is 5.39. The molecule has 2 heterocycles. The van der Waals surface area contributed by atoms with Crippen molar-refractivity contribution in [2.24, 2.45) is 0 Å². The zero-order valence-corrected chi connectivity index (χ0v) is 11.4. The Labute approximate surface area is 119 Å². The summed E-state index contributed by atoms with van der Waals surface area (Å²) in [6.07, 6.45) is 3.49. The molecule has 1 unspecified atom stereocenters. The summed E-state index contributed by atoms with van der Waals surface area (Å²) in [5.41, 5.74) is 0.788. The predicted molar refractivity (Wildman–Crippen MR) is 74.0 cm³/mol. The van der Waals surface area contributed by atoms with Crippen LogP contribution in [0.2, 0.25) is 0 Å². The van der Waals surface area contributed by atoms with Crippen LogP contribution in [0, 0.1) is 0 Å². The summed E-state index contributed by atoms with van der Waals surface area (Å²) in [5, 5.41) is 15.7. The molecule has 1 aliphatic heterocycles. The highest BCUT2D eigenvalue weighted by Crippen LogP contribution is 2.16. The molecule has 1 saturated heterocycles. The molecule has 0 aliphatic carbocycles. The van der Waals surface area contributed by atoms with E-state index in [1.807, 2.05) is 11.4 Å². The molecule has 2 amide bonds. The summed E-state index contributed by atoms with van der Waals surface area (Å²) in [4.78, 5) is 34.1. The molecule has 1 fully saturated rings. The molecule has 1 aromatic heterocycles. The zero-order chi connectivity index (χ0) is 14.5. The summed E-state index contributed by atoms with van der Waals surface area (Å²) in [6, 6.07) is 1.38. The van der Waals surface area contributed by atoms with Crippen LogP contribution in [0.15, 0.2) is 17.5 Å². The molecule has 0 saturated carbocycles. The van der Waals surface area contributed by atoms with E-state index in [-0.39, 0.29) is 11.8 Å². The summed E-state index contributed by atoms with van der Waals surface area (Å²) in [5.74, 6) is -1.28. The van der Waals surface area contributed by atoms with E-state index in [0.29, 0.717) is 19.4 Å². The molecule has 1 aliphatic rings. The SMILES string of the molecule is O=C(O)C=Cc1csc(CNC(=O)C2CCC(=O)N2)c1. The number of carboxylic acid groups (broad SMARTS) is 1. The maximum Gasteiger partial charge on any atom is 0.328 e. The minimum atomic E-state index is -0.997. The van der Waals surface area contributed by atoms with Gasteiger partial charge in [-0.25, -0.2) is 4.79 Å². The van der Waals surface area contributed by atoms with Crippen molar-refractivity contribution in [1.82, 2.24) is 10.6 Å². The summed E-state index contributed by atoms with van der Waals surface area (Å²) in [7, 11) is 0. The lowest BCUT2D eigenvalue weighted by Crippen LogP contribution is -2.41. The maximum absolute atomic E-state index is 11.8. The van der Waals surface area contributed by atoms with Crippen molar-refractivity contribution in [2.45, 2.75) is 25.4 Å². The van der Waals surface area contributed by atoms with Gasteiger partial charge in [0.25, 0.3) is 0 Å². The van der Waals surface area contributed by atoms with E-state index in [9.17, 15) is 14.4 Å². The second kappa shape index (κ2) is 6.33. The van der Waals surface area contributed by atoms with Gasteiger partial charge < -0.3 is 15.7 Å². The average molecular weight is 294 g/mol. The highest BCUT2D eigenvalue weighted by Gasteiger charge is 2.26. The van der Waals surface area contributed by atoms with E-state index in [1.54, 1.807) is 0 Å². The Hall–Kier alpha value is -2.15. The first-order valence-electron chi connectivity index (χ1n) is 6.10. The van der Waals surface area contributed by atoms with Gasteiger partial charge in [-0.2, -0.15) is 0 Å². The largest absolute Gasteiger partial charge is 0.478 e. The third-order valence-electron chi connectivity index (χ3n) is 2.84. The Bertz CT molecular complexity index is 564. The van der Waals surface area contributed by atoms with Crippen LogP contribution >= 0.6 is 11.3 Å². The van der Waals surface area contributed by atoms with E-state index in [2.05, 4.69) is 10.6 Å². The first kappa shape index (κ1) is 14.3. The van der Waals surface area contributed by atoms with Crippen LogP contribution in [-0.2, 0) is 20.9 Å².